The number of nitrogens with one attached hydrogen (secondary N) is 1. The Morgan fingerprint density at radius 1 is 1.30 bits per heavy atom. The number of pyridine rings is 1. The predicted molar refractivity (Wildman–Crippen MR) is 85.1 cm³/mol. The van der Waals surface area contributed by atoms with E-state index in [1.165, 1.54) is 12.8 Å². The maximum atomic E-state index is 5.88. The van der Waals surface area contributed by atoms with Gasteiger partial charge in [0.1, 0.15) is 5.75 Å². The van der Waals surface area contributed by atoms with E-state index in [-0.39, 0.29) is 0 Å². The molecule has 0 aliphatic rings. The summed E-state index contributed by atoms with van der Waals surface area (Å²) in [5.74, 6) is 0.910. The molecule has 0 atom stereocenters. The zero-order valence-electron chi connectivity index (χ0n) is 13.1. The summed E-state index contributed by atoms with van der Waals surface area (Å²) in [7, 11) is 0. The van der Waals surface area contributed by atoms with Crippen molar-refractivity contribution in [1.82, 2.24) is 10.3 Å². The lowest BCUT2D eigenvalue weighted by molar-refractivity contribution is 0.299. The van der Waals surface area contributed by atoms with Gasteiger partial charge in [0, 0.05) is 18.3 Å². The number of allylic oxidation sites excluding steroid dienone is 1. The topological polar surface area (TPSA) is 34.1 Å². The van der Waals surface area contributed by atoms with E-state index in [0.717, 1.165) is 43.1 Å². The van der Waals surface area contributed by atoms with Gasteiger partial charge in [-0.15, -0.1) is 6.58 Å². The van der Waals surface area contributed by atoms with E-state index in [1.54, 1.807) is 0 Å². The van der Waals surface area contributed by atoms with Gasteiger partial charge in [-0.3, -0.25) is 4.98 Å². The lowest BCUT2D eigenvalue weighted by atomic mass is 10.2. The van der Waals surface area contributed by atoms with Crippen molar-refractivity contribution in [1.29, 1.82) is 0 Å². The van der Waals surface area contributed by atoms with Crippen LogP contribution in [0.5, 0.6) is 5.75 Å². The van der Waals surface area contributed by atoms with Crippen LogP contribution in [0.1, 0.15) is 50.9 Å². The van der Waals surface area contributed by atoms with Gasteiger partial charge in [0.15, 0.2) is 0 Å². The van der Waals surface area contributed by atoms with Gasteiger partial charge in [0.2, 0.25) is 0 Å². The molecule has 1 aromatic heterocycles. The Morgan fingerprint density at radius 2 is 2.10 bits per heavy atom. The van der Waals surface area contributed by atoms with Crippen molar-refractivity contribution >= 4 is 0 Å². The molecule has 20 heavy (non-hydrogen) atoms. The van der Waals surface area contributed by atoms with Gasteiger partial charge in [0.05, 0.1) is 12.3 Å². The van der Waals surface area contributed by atoms with Crippen molar-refractivity contribution in [2.75, 3.05) is 6.61 Å². The maximum absolute atomic E-state index is 5.88. The Kier molecular flexibility index (Phi) is 7.97. The number of hydrogen-bond donors (Lipinski definition) is 1. The fraction of sp³-hybridized carbons (Fsp3) is 0.588. The standard InChI is InChI=1S/C17H28N2O/c1-5-6-7-8-9-12-20-17-11-10-15(4)19-16(17)13-18-14(2)3/h5,10-11,14,18H,1,6-9,12-13H2,2-4H3. The summed E-state index contributed by atoms with van der Waals surface area (Å²) < 4.78 is 5.88. The van der Waals surface area contributed by atoms with E-state index < -0.39 is 0 Å². The van der Waals surface area contributed by atoms with Gasteiger partial charge >= 0.3 is 0 Å². The molecule has 0 bridgehead atoms. The predicted octanol–water partition coefficient (Wildman–Crippen LogP) is 4.01. The third kappa shape index (κ3) is 6.71. The van der Waals surface area contributed by atoms with Gasteiger partial charge < -0.3 is 10.1 Å². The molecule has 0 saturated carbocycles. The van der Waals surface area contributed by atoms with Crippen molar-refractivity contribution in [3.05, 3.63) is 36.2 Å². The van der Waals surface area contributed by atoms with Crippen LogP contribution in [0.15, 0.2) is 24.8 Å². The molecule has 1 rings (SSSR count). The lowest BCUT2D eigenvalue weighted by Crippen LogP contribution is -2.23. The normalized spacial score (nSPS) is 10.8. The van der Waals surface area contributed by atoms with Crippen LogP contribution >= 0.6 is 0 Å². The van der Waals surface area contributed by atoms with Crippen molar-refractivity contribution in [2.24, 2.45) is 0 Å². The molecule has 0 radical (unpaired) electrons. The molecular weight excluding hydrogens is 248 g/mol. The zero-order valence-corrected chi connectivity index (χ0v) is 13.1. The first kappa shape index (κ1) is 16.7. The second kappa shape index (κ2) is 9.54. The Balaban J connectivity index is 2.44. The van der Waals surface area contributed by atoms with Crippen molar-refractivity contribution in [3.63, 3.8) is 0 Å². The van der Waals surface area contributed by atoms with Crippen molar-refractivity contribution < 1.29 is 4.74 Å². The van der Waals surface area contributed by atoms with Gasteiger partial charge in [-0.1, -0.05) is 19.9 Å². The van der Waals surface area contributed by atoms with Crippen LogP contribution in [0.2, 0.25) is 0 Å². The summed E-state index contributed by atoms with van der Waals surface area (Å²) in [6.07, 6.45) is 6.53. The van der Waals surface area contributed by atoms with Crippen LogP contribution in [-0.2, 0) is 6.54 Å². The number of unbranched alkanes of at least 4 members (excludes halogenated alkanes) is 3. The number of aromatic nitrogens is 1. The smallest absolute Gasteiger partial charge is 0.142 e. The minimum Gasteiger partial charge on any atom is -0.492 e. The second-order valence-corrected chi connectivity index (χ2v) is 5.42. The molecule has 0 aliphatic carbocycles. The van der Waals surface area contributed by atoms with E-state index >= 15 is 0 Å². The van der Waals surface area contributed by atoms with E-state index in [4.69, 9.17) is 4.74 Å². The number of ether oxygens (including phenoxy) is 1. The summed E-state index contributed by atoms with van der Waals surface area (Å²) in [5.41, 5.74) is 2.04. The highest BCUT2D eigenvalue weighted by molar-refractivity contribution is 5.29. The fourth-order valence-corrected chi connectivity index (χ4v) is 1.91. The van der Waals surface area contributed by atoms with Gasteiger partial charge in [-0.2, -0.15) is 0 Å². The molecule has 0 spiro atoms. The van der Waals surface area contributed by atoms with Crippen LogP contribution in [0, 0.1) is 6.92 Å². The zero-order chi connectivity index (χ0) is 14.8. The molecule has 112 valence electrons. The van der Waals surface area contributed by atoms with E-state index in [2.05, 4.69) is 30.7 Å². The SMILES string of the molecule is C=CCCCCCOc1ccc(C)nc1CNC(C)C. The van der Waals surface area contributed by atoms with E-state index in [0.29, 0.717) is 6.04 Å². The quantitative estimate of drug-likeness (QED) is 0.518. The molecule has 3 heteroatoms. The van der Waals surface area contributed by atoms with Crippen LogP contribution in [0.3, 0.4) is 0 Å². The van der Waals surface area contributed by atoms with Crippen molar-refractivity contribution in [2.45, 2.75) is 59.0 Å². The van der Waals surface area contributed by atoms with Crippen molar-refractivity contribution in [3.8, 4) is 5.75 Å². The minimum absolute atomic E-state index is 0.448. The number of rotatable bonds is 10. The summed E-state index contributed by atoms with van der Waals surface area (Å²) in [4.78, 5) is 4.57. The third-order valence-electron chi connectivity index (χ3n) is 3.06. The first-order chi connectivity index (χ1) is 9.63. The summed E-state index contributed by atoms with van der Waals surface area (Å²) in [5, 5.41) is 3.39. The Morgan fingerprint density at radius 3 is 2.80 bits per heavy atom. The molecule has 0 aliphatic heterocycles. The Hall–Kier alpha value is -1.35. The second-order valence-electron chi connectivity index (χ2n) is 5.42. The molecule has 3 nitrogen and oxygen atoms in total. The van der Waals surface area contributed by atoms with Gasteiger partial charge in [-0.05, 0) is 44.7 Å². The number of nitrogens with zero attached hydrogens (tertiary/aromatic N) is 1. The van der Waals surface area contributed by atoms with E-state index in [9.17, 15) is 0 Å². The maximum Gasteiger partial charge on any atom is 0.142 e. The molecule has 1 N–H and O–H groups in total. The molecule has 0 aromatic carbocycles. The summed E-state index contributed by atoms with van der Waals surface area (Å²) in [6.45, 7) is 11.5. The first-order valence-electron chi connectivity index (χ1n) is 7.57. The molecule has 0 amide bonds. The van der Waals surface area contributed by atoms with Crippen LogP contribution in [-0.4, -0.2) is 17.6 Å². The van der Waals surface area contributed by atoms with Gasteiger partial charge in [-0.25, -0.2) is 0 Å². The average molecular weight is 276 g/mol. The van der Waals surface area contributed by atoms with E-state index in [1.807, 2.05) is 25.1 Å². The molecule has 0 unspecified atom stereocenters. The molecule has 0 fully saturated rings. The minimum atomic E-state index is 0.448. The molecular formula is C17H28N2O. The van der Waals surface area contributed by atoms with Crippen LogP contribution in [0.25, 0.3) is 0 Å². The molecule has 0 saturated heterocycles. The van der Waals surface area contributed by atoms with Crippen LogP contribution < -0.4 is 10.1 Å². The Labute approximate surface area is 123 Å². The summed E-state index contributed by atoms with van der Waals surface area (Å²) >= 11 is 0. The number of aryl methyl sites for hydroxylation is 1. The largest absolute Gasteiger partial charge is 0.492 e. The summed E-state index contributed by atoms with van der Waals surface area (Å²) in [6, 6.07) is 4.49. The monoisotopic (exact) mass is 276 g/mol. The Bertz CT molecular complexity index is 402. The average Bonchev–Trinajstić information content (AvgIpc) is 2.42. The molecule has 1 aromatic rings. The first-order valence-corrected chi connectivity index (χ1v) is 7.57. The lowest BCUT2D eigenvalue weighted by Gasteiger charge is -2.13. The highest BCUT2D eigenvalue weighted by atomic mass is 16.5. The molecule has 1 heterocycles. The van der Waals surface area contributed by atoms with Crippen LogP contribution in [0.4, 0.5) is 0 Å². The third-order valence-corrected chi connectivity index (χ3v) is 3.06. The van der Waals surface area contributed by atoms with Gasteiger partial charge in [0.25, 0.3) is 0 Å². The fourth-order valence-electron chi connectivity index (χ4n) is 1.91. The highest BCUT2D eigenvalue weighted by Crippen LogP contribution is 2.17. The number of hydrogen-bond acceptors (Lipinski definition) is 3. The highest BCUT2D eigenvalue weighted by Gasteiger charge is 2.06.